The van der Waals surface area contributed by atoms with Gasteiger partial charge in [0, 0.05) is 28.7 Å². The minimum Gasteiger partial charge on any atom is -0.508 e. The van der Waals surface area contributed by atoms with Crippen LogP contribution in [0.25, 0.3) is 10.8 Å². The summed E-state index contributed by atoms with van der Waals surface area (Å²) in [5.41, 5.74) is 2.92. The van der Waals surface area contributed by atoms with Gasteiger partial charge in [-0.2, -0.15) is 0 Å². The molecule has 166 valence electrons. The Bertz CT molecular complexity index is 1340. The van der Waals surface area contributed by atoms with Gasteiger partial charge in [-0.05, 0) is 67.1 Å². The van der Waals surface area contributed by atoms with Crippen LogP contribution in [0, 0.1) is 0 Å². The Morgan fingerprint density at radius 1 is 0.788 bits per heavy atom. The van der Waals surface area contributed by atoms with Crippen LogP contribution in [0.4, 0.5) is 0 Å². The number of hydrogen-bond donors (Lipinski definition) is 1. The summed E-state index contributed by atoms with van der Waals surface area (Å²) in [5, 5.41) is 12.6. The summed E-state index contributed by atoms with van der Waals surface area (Å²) in [6.45, 7) is 2.25. The first kappa shape index (κ1) is 20.2. The van der Waals surface area contributed by atoms with Gasteiger partial charge in [-0.3, -0.25) is 0 Å². The van der Waals surface area contributed by atoms with E-state index in [1.807, 2.05) is 12.1 Å². The van der Waals surface area contributed by atoms with Gasteiger partial charge in [-0.1, -0.05) is 55.0 Å². The number of phenols is 1. The lowest BCUT2D eigenvalue weighted by Crippen LogP contribution is -2.29. The molecule has 1 aliphatic heterocycles. The monoisotopic (exact) mass is 436 g/mol. The molecule has 1 saturated carbocycles. The molecular weight excluding hydrogens is 408 g/mol. The first-order valence-corrected chi connectivity index (χ1v) is 11.9. The molecule has 0 saturated heterocycles. The molecule has 0 bridgehead atoms. The predicted molar refractivity (Wildman–Crippen MR) is 132 cm³/mol. The van der Waals surface area contributed by atoms with Gasteiger partial charge in [-0.25, -0.2) is 0 Å². The summed E-state index contributed by atoms with van der Waals surface area (Å²) in [6.07, 6.45) is 6.28. The summed E-state index contributed by atoms with van der Waals surface area (Å²) >= 11 is 0. The Balaban J connectivity index is 1.49. The fourth-order valence-electron chi connectivity index (χ4n) is 5.53. The van der Waals surface area contributed by atoms with E-state index in [0.717, 1.165) is 35.5 Å². The van der Waals surface area contributed by atoms with Crippen molar-refractivity contribution in [1.82, 2.24) is 0 Å². The Kier molecular flexibility index (Phi) is 4.79. The van der Waals surface area contributed by atoms with Gasteiger partial charge in [-0.15, -0.1) is 0 Å². The highest BCUT2D eigenvalue weighted by atomic mass is 16.5. The van der Waals surface area contributed by atoms with Crippen molar-refractivity contribution in [3.63, 3.8) is 0 Å². The van der Waals surface area contributed by atoms with Gasteiger partial charge in [0.2, 0.25) is 0 Å². The minimum atomic E-state index is -0.427. The summed E-state index contributed by atoms with van der Waals surface area (Å²) in [7, 11) is 0. The Labute approximate surface area is 194 Å². The lowest BCUT2D eigenvalue weighted by atomic mass is 9.69. The minimum absolute atomic E-state index is 0.202. The second kappa shape index (κ2) is 7.84. The number of hydrogen-bond acceptors (Lipinski definition) is 3. The van der Waals surface area contributed by atoms with E-state index >= 15 is 0 Å². The van der Waals surface area contributed by atoms with Crippen LogP contribution in [0.3, 0.4) is 0 Å². The third-order valence-electron chi connectivity index (χ3n) is 7.40. The Hall–Kier alpha value is -3.46. The molecule has 6 rings (SSSR count). The van der Waals surface area contributed by atoms with E-state index in [4.69, 9.17) is 9.47 Å². The van der Waals surface area contributed by atoms with Crippen LogP contribution in [0.1, 0.15) is 55.7 Å². The van der Waals surface area contributed by atoms with Crippen LogP contribution >= 0.6 is 0 Å². The van der Waals surface area contributed by atoms with Gasteiger partial charge in [0.1, 0.15) is 23.0 Å². The molecule has 0 amide bonds. The zero-order chi connectivity index (χ0) is 22.4. The normalized spacial score (nSPS) is 20.0. The van der Waals surface area contributed by atoms with E-state index in [2.05, 4.69) is 61.5 Å². The van der Waals surface area contributed by atoms with Crippen molar-refractivity contribution >= 4 is 10.8 Å². The second-order valence-corrected chi connectivity index (χ2v) is 9.51. The fourth-order valence-corrected chi connectivity index (χ4v) is 5.53. The third kappa shape index (κ3) is 3.43. The van der Waals surface area contributed by atoms with Crippen LogP contribution in [0.2, 0.25) is 0 Å². The Morgan fingerprint density at radius 3 is 2.33 bits per heavy atom. The van der Waals surface area contributed by atoms with Crippen molar-refractivity contribution in [2.24, 2.45) is 0 Å². The highest BCUT2D eigenvalue weighted by molar-refractivity contribution is 5.84. The average molecular weight is 437 g/mol. The Morgan fingerprint density at radius 2 is 1.52 bits per heavy atom. The largest absolute Gasteiger partial charge is 0.508 e. The quantitative estimate of drug-likeness (QED) is 0.357. The van der Waals surface area contributed by atoms with E-state index < -0.39 is 5.41 Å². The number of aromatic hydroxyl groups is 1. The van der Waals surface area contributed by atoms with Gasteiger partial charge < -0.3 is 14.6 Å². The fraction of sp³-hybridized carbons (Fsp3) is 0.267. The molecule has 4 aromatic carbocycles. The summed E-state index contributed by atoms with van der Waals surface area (Å²) < 4.78 is 12.7. The number of benzene rings is 4. The number of phenolic OH excluding ortho intramolecular Hbond substituents is 1. The van der Waals surface area contributed by atoms with Gasteiger partial charge in [0.05, 0.1) is 6.10 Å². The SMILES string of the molecule is CC1(c2ccc3ccccc3c2)c2ccc(O)cc2Oc2cc(OC3CCCCC3)ccc21. The summed E-state index contributed by atoms with van der Waals surface area (Å²) in [5.74, 6) is 2.53. The first-order chi connectivity index (χ1) is 16.1. The van der Waals surface area contributed by atoms with Crippen molar-refractivity contribution < 1.29 is 14.6 Å². The maximum absolute atomic E-state index is 10.2. The molecule has 33 heavy (non-hydrogen) atoms. The van der Waals surface area contributed by atoms with Gasteiger partial charge in [0.15, 0.2) is 0 Å². The molecule has 3 nitrogen and oxygen atoms in total. The highest BCUT2D eigenvalue weighted by Gasteiger charge is 2.40. The molecular formula is C30H28O3. The summed E-state index contributed by atoms with van der Waals surface area (Å²) in [4.78, 5) is 0. The maximum atomic E-state index is 10.2. The molecule has 3 heteroatoms. The lowest BCUT2D eigenvalue weighted by molar-refractivity contribution is 0.154. The van der Waals surface area contributed by atoms with Gasteiger partial charge in [0.25, 0.3) is 0 Å². The van der Waals surface area contributed by atoms with E-state index in [1.165, 1.54) is 35.6 Å². The number of fused-ring (bicyclic) bond motifs is 3. The van der Waals surface area contributed by atoms with E-state index in [9.17, 15) is 5.11 Å². The molecule has 0 spiro atoms. The molecule has 1 fully saturated rings. The van der Waals surface area contributed by atoms with Crippen molar-refractivity contribution in [3.05, 3.63) is 95.6 Å². The molecule has 2 aliphatic rings. The van der Waals surface area contributed by atoms with Crippen molar-refractivity contribution in [2.45, 2.75) is 50.5 Å². The van der Waals surface area contributed by atoms with Crippen LogP contribution in [-0.2, 0) is 5.41 Å². The molecule has 0 radical (unpaired) electrons. The van der Waals surface area contributed by atoms with Crippen LogP contribution in [-0.4, -0.2) is 11.2 Å². The first-order valence-electron chi connectivity index (χ1n) is 11.9. The molecule has 1 atom stereocenters. The molecule has 1 aliphatic carbocycles. The molecule has 1 unspecified atom stereocenters. The number of rotatable bonds is 3. The van der Waals surface area contributed by atoms with E-state index in [0.29, 0.717) is 5.75 Å². The molecule has 1 heterocycles. The number of ether oxygens (including phenoxy) is 2. The molecule has 4 aromatic rings. The maximum Gasteiger partial charge on any atom is 0.135 e. The van der Waals surface area contributed by atoms with Crippen LogP contribution in [0.15, 0.2) is 78.9 Å². The smallest absolute Gasteiger partial charge is 0.135 e. The van der Waals surface area contributed by atoms with E-state index in [1.54, 1.807) is 12.1 Å². The van der Waals surface area contributed by atoms with E-state index in [-0.39, 0.29) is 11.9 Å². The third-order valence-corrected chi connectivity index (χ3v) is 7.40. The van der Waals surface area contributed by atoms with Crippen LogP contribution in [0.5, 0.6) is 23.0 Å². The molecule has 1 N–H and O–H groups in total. The van der Waals surface area contributed by atoms with Crippen LogP contribution < -0.4 is 9.47 Å². The standard InChI is InChI=1S/C30H28O3/c1-30(22-12-11-20-7-5-6-8-21(20)17-22)26-15-13-23(31)18-28(26)33-29-19-25(14-16-27(29)30)32-24-9-3-2-4-10-24/h5-8,11-19,24,31H,2-4,9-10H2,1H3. The van der Waals surface area contributed by atoms with Crippen molar-refractivity contribution in [3.8, 4) is 23.0 Å². The summed E-state index contributed by atoms with van der Waals surface area (Å²) in [6, 6.07) is 26.8. The second-order valence-electron chi connectivity index (χ2n) is 9.51. The lowest BCUT2D eigenvalue weighted by Gasteiger charge is -2.38. The highest BCUT2D eigenvalue weighted by Crippen LogP contribution is 2.53. The van der Waals surface area contributed by atoms with Crippen molar-refractivity contribution in [1.29, 1.82) is 0 Å². The van der Waals surface area contributed by atoms with Gasteiger partial charge >= 0.3 is 0 Å². The topological polar surface area (TPSA) is 38.7 Å². The zero-order valence-corrected chi connectivity index (χ0v) is 18.9. The molecule has 0 aromatic heterocycles. The average Bonchev–Trinajstić information content (AvgIpc) is 2.84. The zero-order valence-electron chi connectivity index (χ0n) is 18.9. The predicted octanol–water partition coefficient (Wildman–Crippen LogP) is 7.72. The van der Waals surface area contributed by atoms with Crippen molar-refractivity contribution in [2.75, 3.05) is 0 Å².